The highest BCUT2D eigenvalue weighted by Crippen LogP contribution is 2.29. The topological polar surface area (TPSA) is 20.3 Å². The van der Waals surface area contributed by atoms with E-state index in [4.69, 9.17) is 0 Å². The first kappa shape index (κ1) is 8.30. The summed E-state index contributed by atoms with van der Waals surface area (Å²) in [5.74, 6) is 0.183. The third kappa shape index (κ3) is 1.32. The average molecular weight is 174 g/mol. The first-order valence-electron chi connectivity index (χ1n) is 4.56. The summed E-state index contributed by atoms with van der Waals surface area (Å²) in [5.41, 5.74) is 2.19. The minimum absolute atomic E-state index is 0.183. The van der Waals surface area contributed by atoms with Crippen molar-refractivity contribution in [3.63, 3.8) is 0 Å². The molecule has 0 bridgehead atoms. The van der Waals surface area contributed by atoms with Crippen molar-refractivity contribution in [1.29, 1.82) is 0 Å². The molecule has 0 aromatic heterocycles. The zero-order chi connectivity index (χ0) is 9.26. The number of nitrogens with zero attached hydrogens (tertiary/aromatic N) is 1. The molecule has 0 N–H and O–H groups in total. The summed E-state index contributed by atoms with van der Waals surface area (Å²) in [6, 6.07) is 7.94. The zero-order valence-electron chi connectivity index (χ0n) is 7.66. The summed E-state index contributed by atoms with van der Waals surface area (Å²) in [6.45, 7) is 3.97. The number of carbonyl (C=O) groups excluding carboxylic acids is 1. The molecule has 67 valence electrons. The Balaban J connectivity index is 2.35. The summed E-state index contributed by atoms with van der Waals surface area (Å²) < 4.78 is 0. The van der Waals surface area contributed by atoms with Crippen LogP contribution in [0.5, 0.6) is 0 Å². The Labute approximate surface area is 78.2 Å². The molecule has 0 saturated heterocycles. The van der Waals surface area contributed by atoms with Crippen molar-refractivity contribution in [2.24, 2.45) is 0 Å². The first-order valence-corrected chi connectivity index (χ1v) is 4.56. The summed E-state index contributed by atoms with van der Waals surface area (Å²) in [7, 11) is 0. The number of rotatable bonds is 2. The van der Waals surface area contributed by atoms with E-state index in [0.717, 1.165) is 17.7 Å². The standard InChI is InChI=1S/C11H12NO/c1-2-7-12-10-6-4-3-5-9(10)8-11(12)13/h3-7H,2,8H2,1H3. The van der Waals surface area contributed by atoms with E-state index in [2.05, 4.69) is 0 Å². The van der Waals surface area contributed by atoms with Gasteiger partial charge in [0.25, 0.3) is 0 Å². The maximum atomic E-state index is 11.5. The van der Waals surface area contributed by atoms with Gasteiger partial charge in [0, 0.05) is 5.69 Å². The van der Waals surface area contributed by atoms with Crippen molar-refractivity contribution < 1.29 is 4.79 Å². The molecule has 0 aliphatic carbocycles. The Hall–Kier alpha value is -1.31. The largest absolute Gasteiger partial charge is 0.307 e. The van der Waals surface area contributed by atoms with E-state index in [0.29, 0.717) is 6.42 Å². The van der Waals surface area contributed by atoms with E-state index in [9.17, 15) is 4.79 Å². The predicted octanol–water partition coefficient (Wildman–Crippen LogP) is 2.15. The van der Waals surface area contributed by atoms with Crippen molar-refractivity contribution >= 4 is 11.6 Å². The van der Waals surface area contributed by atoms with Crippen LogP contribution in [0.1, 0.15) is 18.9 Å². The van der Waals surface area contributed by atoms with Gasteiger partial charge in [0.2, 0.25) is 5.91 Å². The molecule has 0 fully saturated rings. The van der Waals surface area contributed by atoms with Gasteiger partial charge in [0.15, 0.2) is 0 Å². The minimum atomic E-state index is 0.183. The number of hydrogen-bond acceptors (Lipinski definition) is 1. The molecule has 2 heteroatoms. The molecule has 0 spiro atoms. The second-order valence-corrected chi connectivity index (χ2v) is 3.16. The molecular weight excluding hydrogens is 162 g/mol. The second-order valence-electron chi connectivity index (χ2n) is 3.16. The second kappa shape index (κ2) is 3.21. The van der Waals surface area contributed by atoms with Crippen LogP contribution >= 0.6 is 0 Å². The number of anilines is 1. The zero-order valence-corrected chi connectivity index (χ0v) is 7.66. The summed E-state index contributed by atoms with van der Waals surface area (Å²) in [6.07, 6.45) is 1.44. The van der Waals surface area contributed by atoms with Gasteiger partial charge in [-0.05, 0) is 18.1 Å². The minimum Gasteiger partial charge on any atom is -0.307 e. The summed E-state index contributed by atoms with van der Waals surface area (Å²) in [5, 5.41) is 0. The third-order valence-electron chi connectivity index (χ3n) is 2.23. The maximum absolute atomic E-state index is 11.5. The highest BCUT2D eigenvalue weighted by atomic mass is 16.2. The van der Waals surface area contributed by atoms with Gasteiger partial charge in [-0.25, -0.2) is 0 Å². The van der Waals surface area contributed by atoms with E-state index in [-0.39, 0.29) is 5.91 Å². The lowest BCUT2D eigenvalue weighted by molar-refractivity contribution is -0.117. The van der Waals surface area contributed by atoms with E-state index >= 15 is 0 Å². The molecule has 1 aliphatic heterocycles. The van der Waals surface area contributed by atoms with Gasteiger partial charge in [-0.15, -0.1) is 0 Å². The molecule has 0 atom stereocenters. The van der Waals surface area contributed by atoms with Crippen LogP contribution < -0.4 is 4.90 Å². The Bertz CT molecular complexity index is 333. The molecule has 1 aromatic carbocycles. The van der Waals surface area contributed by atoms with Crippen LogP contribution in [0.3, 0.4) is 0 Å². The van der Waals surface area contributed by atoms with Gasteiger partial charge >= 0.3 is 0 Å². The Kier molecular flexibility index (Phi) is 2.05. The monoisotopic (exact) mass is 174 g/mol. The predicted molar refractivity (Wildman–Crippen MR) is 52.2 cm³/mol. The molecule has 0 unspecified atom stereocenters. The lowest BCUT2D eigenvalue weighted by atomic mass is 10.2. The van der Waals surface area contributed by atoms with E-state index in [1.807, 2.05) is 37.7 Å². The molecule has 13 heavy (non-hydrogen) atoms. The van der Waals surface area contributed by atoms with E-state index in [1.165, 1.54) is 0 Å². The average Bonchev–Trinajstić information content (AvgIpc) is 2.44. The molecule has 1 aromatic rings. The normalized spacial score (nSPS) is 14.8. The van der Waals surface area contributed by atoms with Crippen LogP contribution in [0, 0.1) is 6.54 Å². The highest BCUT2D eigenvalue weighted by Gasteiger charge is 2.25. The van der Waals surface area contributed by atoms with Crippen LogP contribution in [0.25, 0.3) is 0 Å². The lowest BCUT2D eigenvalue weighted by Crippen LogP contribution is -2.23. The Morgan fingerprint density at radius 1 is 1.46 bits per heavy atom. The highest BCUT2D eigenvalue weighted by molar-refractivity contribution is 6.02. The van der Waals surface area contributed by atoms with Crippen LogP contribution in [0.4, 0.5) is 5.69 Å². The number of hydrogen-bond donors (Lipinski definition) is 0. The van der Waals surface area contributed by atoms with Crippen molar-refractivity contribution in [2.45, 2.75) is 19.8 Å². The van der Waals surface area contributed by atoms with Gasteiger partial charge in [-0.2, -0.15) is 0 Å². The fourth-order valence-electron chi connectivity index (χ4n) is 1.66. The van der Waals surface area contributed by atoms with Gasteiger partial charge < -0.3 is 4.90 Å². The molecule has 1 heterocycles. The van der Waals surface area contributed by atoms with Crippen LogP contribution in [-0.2, 0) is 11.2 Å². The molecule has 1 amide bonds. The van der Waals surface area contributed by atoms with Gasteiger partial charge in [0.05, 0.1) is 13.0 Å². The number of benzene rings is 1. The van der Waals surface area contributed by atoms with Crippen LogP contribution in [0.2, 0.25) is 0 Å². The third-order valence-corrected chi connectivity index (χ3v) is 2.23. The number of carbonyl (C=O) groups is 1. The Morgan fingerprint density at radius 2 is 2.23 bits per heavy atom. The SMILES string of the molecule is CC[CH]N1C(=O)Cc2ccccc21. The molecule has 1 aliphatic rings. The lowest BCUT2D eigenvalue weighted by Gasteiger charge is -2.14. The molecule has 1 radical (unpaired) electrons. The Morgan fingerprint density at radius 3 is 3.00 bits per heavy atom. The molecule has 0 saturated carbocycles. The number of para-hydroxylation sites is 1. The maximum Gasteiger partial charge on any atom is 0.231 e. The molecular formula is C11H12NO. The van der Waals surface area contributed by atoms with Gasteiger partial charge in [-0.3, -0.25) is 4.79 Å². The van der Waals surface area contributed by atoms with Crippen LogP contribution in [0.15, 0.2) is 24.3 Å². The first-order chi connectivity index (χ1) is 6.33. The van der Waals surface area contributed by atoms with Crippen LogP contribution in [-0.4, -0.2) is 5.91 Å². The fourth-order valence-corrected chi connectivity index (χ4v) is 1.66. The fraction of sp³-hybridized carbons (Fsp3) is 0.273. The number of fused-ring (bicyclic) bond motifs is 1. The van der Waals surface area contributed by atoms with Crippen molar-refractivity contribution in [3.8, 4) is 0 Å². The van der Waals surface area contributed by atoms with Crippen molar-refractivity contribution in [3.05, 3.63) is 36.4 Å². The van der Waals surface area contributed by atoms with Crippen molar-refractivity contribution in [1.82, 2.24) is 0 Å². The van der Waals surface area contributed by atoms with E-state index < -0.39 is 0 Å². The molecule has 2 nitrogen and oxygen atoms in total. The van der Waals surface area contributed by atoms with Gasteiger partial charge in [0.1, 0.15) is 0 Å². The number of amides is 1. The summed E-state index contributed by atoms with van der Waals surface area (Å²) in [4.78, 5) is 13.3. The van der Waals surface area contributed by atoms with Gasteiger partial charge in [-0.1, -0.05) is 25.1 Å². The molecule has 2 rings (SSSR count). The quantitative estimate of drug-likeness (QED) is 0.672. The smallest absolute Gasteiger partial charge is 0.231 e. The summed E-state index contributed by atoms with van der Waals surface area (Å²) >= 11 is 0. The van der Waals surface area contributed by atoms with Crippen molar-refractivity contribution in [2.75, 3.05) is 4.90 Å². The van der Waals surface area contributed by atoms with E-state index in [1.54, 1.807) is 4.90 Å².